The van der Waals surface area contributed by atoms with E-state index in [2.05, 4.69) is 9.47 Å². The molecule has 0 aromatic heterocycles. The highest BCUT2D eigenvalue weighted by atomic mass is 19.4. The molecule has 1 saturated carbocycles. The molecule has 0 bridgehead atoms. The standard InChI is InChI=1S/C13H14F6O4/c1-11(2)6(8(11)9(21)22-3)4-5-7(20)23-10(12(14,15)16)13(17,18)19/h4-6,8,10H,1-3H3. The molecule has 0 saturated heterocycles. The summed E-state index contributed by atoms with van der Waals surface area (Å²) in [6, 6.07) is 0. The van der Waals surface area contributed by atoms with E-state index in [4.69, 9.17) is 0 Å². The van der Waals surface area contributed by atoms with E-state index in [0.29, 0.717) is 6.08 Å². The molecule has 23 heavy (non-hydrogen) atoms. The first-order valence-corrected chi connectivity index (χ1v) is 6.33. The summed E-state index contributed by atoms with van der Waals surface area (Å²) < 4.78 is 81.4. The van der Waals surface area contributed by atoms with Crippen LogP contribution in [0.5, 0.6) is 0 Å². The van der Waals surface area contributed by atoms with Gasteiger partial charge in [0, 0.05) is 6.08 Å². The van der Waals surface area contributed by atoms with Crippen LogP contribution in [0.2, 0.25) is 0 Å². The number of rotatable bonds is 4. The molecule has 1 aliphatic rings. The number of ether oxygens (including phenoxy) is 2. The second-order valence-corrected chi connectivity index (χ2v) is 5.61. The van der Waals surface area contributed by atoms with Crippen LogP contribution in [0.4, 0.5) is 26.3 Å². The summed E-state index contributed by atoms with van der Waals surface area (Å²) in [4.78, 5) is 22.6. The Hall–Kier alpha value is -1.74. The molecule has 2 unspecified atom stereocenters. The van der Waals surface area contributed by atoms with E-state index >= 15 is 0 Å². The minimum absolute atomic E-state index is 0.458. The smallest absolute Gasteiger partial charge is 0.434 e. The van der Waals surface area contributed by atoms with E-state index in [1.54, 1.807) is 13.8 Å². The normalized spacial score (nSPS) is 23.9. The molecule has 0 aliphatic heterocycles. The van der Waals surface area contributed by atoms with Crippen molar-refractivity contribution in [3.63, 3.8) is 0 Å². The van der Waals surface area contributed by atoms with Crippen molar-refractivity contribution in [3.05, 3.63) is 12.2 Å². The molecular weight excluding hydrogens is 334 g/mol. The van der Waals surface area contributed by atoms with Crippen LogP contribution < -0.4 is 0 Å². The fourth-order valence-corrected chi connectivity index (χ4v) is 2.27. The van der Waals surface area contributed by atoms with E-state index in [0.717, 1.165) is 13.2 Å². The van der Waals surface area contributed by atoms with Crippen LogP contribution in [0.15, 0.2) is 12.2 Å². The summed E-state index contributed by atoms with van der Waals surface area (Å²) in [5.41, 5.74) is -0.614. The molecule has 4 nitrogen and oxygen atoms in total. The van der Waals surface area contributed by atoms with Gasteiger partial charge in [-0.05, 0) is 11.3 Å². The number of hydrogen-bond donors (Lipinski definition) is 0. The molecule has 0 aromatic rings. The fourth-order valence-electron chi connectivity index (χ4n) is 2.27. The molecule has 0 N–H and O–H groups in total. The zero-order valence-corrected chi connectivity index (χ0v) is 12.3. The first-order chi connectivity index (χ1) is 10.2. The molecule has 0 radical (unpaired) electrons. The van der Waals surface area contributed by atoms with Crippen LogP contribution in [0.3, 0.4) is 0 Å². The molecule has 10 heteroatoms. The Balaban J connectivity index is 2.75. The van der Waals surface area contributed by atoms with Crippen molar-refractivity contribution in [2.45, 2.75) is 32.3 Å². The fraction of sp³-hybridized carbons (Fsp3) is 0.692. The van der Waals surface area contributed by atoms with Crippen LogP contribution >= 0.6 is 0 Å². The van der Waals surface area contributed by atoms with E-state index in [9.17, 15) is 35.9 Å². The van der Waals surface area contributed by atoms with Gasteiger partial charge >= 0.3 is 24.3 Å². The van der Waals surface area contributed by atoms with Gasteiger partial charge in [-0.15, -0.1) is 0 Å². The lowest BCUT2D eigenvalue weighted by Gasteiger charge is -2.22. The molecule has 2 atom stereocenters. The summed E-state index contributed by atoms with van der Waals surface area (Å²) in [5, 5.41) is 0. The molecule has 0 aromatic carbocycles. The van der Waals surface area contributed by atoms with Gasteiger partial charge in [-0.25, -0.2) is 4.79 Å². The van der Waals surface area contributed by atoms with Gasteiger partial charge < -0.3 is 9.47 Å². The number of hydrogen-bond acceptors (Lipinski definition) is 4. The first-order valence-electron chi connectivity index (χ1n) is 6.33. The van der Waals surface area contributed by atoms with Crippen molar-refractivity contribution in [1.29, 1.82) is 0 Å². The third-order valence-corrected chi connectivity index (χ3v) is 3.63. The molecule has 0 spiro atoms. The lowest BCUT2D eigenvalue weighted by molar-refractivity contribution is -0.312. The summed E-state index contributed by atoms with van der Waals surface area (Å²) in [6.07, 6.45) is -14.2. The first kappa shape index (κ1) is 19.3. The van der Waals surface area contributed by atoms with Crippen molar-refractivity contribution in [3.8, 4) is 0 Å². The molecule has 1 rings (SSSR count). The van der Waals surface area contributed by atoms with Gasteiger partial charge in [0.15, 0.2) is 0 Å². The Bertz CT molecular complexity index is 492. The number of esters is 2. The van der Waals surface area contributed by atoms with Gasteiger partial charge in [-0.2, -0.15) is 26.3 Å². The number of carbonyl (C=O) groups is 2. The van der Waals surface area contributed by atoms with Gasteiger partial charge in [0.1, 0.15) is 0 Å². The second kappa shape index (κ2) is 6.04. The lowest BCUT2D eigenvalue weighted by atomic mass is 10.1. The van der Waals surface area contributed by atoms with Gasteiger partial charge in [0.2, 0.25) is 0 Å². The zero-order valence-electron chi connectivity index (χ0n) is 12.3. The van der Waals surface area contributed by atoms with E-state index in [1.165, 1.54) is 0 Å². The SMILES string of the molecule is COC(=O)C1C(C=CC(=O)OC(C(F)(F)F)C(F)(F)F)C1(C)C. The van der Waals surface area contributed by atoms with Gasteiger partial charge in [0.05, 0.1) is 13.0 Å². The van der Waals surface area contributed by atoms with Crippen LogP contribution in [0, 0.1) is 17.3 Å². The van der Waals surface area contributed by atoms with Crippen molar-refractivity contribution < 1.29 is 45.4 Å². The average molecular weight is 348 g/mol. The highest BCUT2D eigenvalue weighted by Gasteiger charge is 2.62. The predicted octanol–water partition coefficient (Wildman–Crippen LogP) is 3.02. The maximum atomic E-state index is 12.2. The lowest BCUT2D eigenvalue weighted by Crippen LogP contribution is -2.45. The quantitative estimate of drug-likeness (QED) is 0.445. The Labute approximate surface area is 127 Å². The third-order valence-electron chi connectivity index (χ3n) is 3.63. The minimum atomic E-state index is -5.77. The van der Waals surface area contributed by atoms with E-state index in [-0.39, 0.29) is 0 Å². The van der Waals surface area contributed by atoms with Crippen molar-refractivity contribution >= 4 is 11.9 Å². The topological polar surface area (TPSA) is 52.6 Å². The van der Waals surface area contributed by atoms with Crippen molar-refractivity contribution in [2.24, 2.45) is 17.3 Å². The minimum Gasteiger partial charge on any atom is -0.469 e. The monoisotopic (exact) mass is 348 g/mol. The molecule has 0 amide bonds. The molecule has 0 heterocycles. The zero-order chi connectivity index (χ0) is 18.2. The largest absolute Gasteiger partial charge is 0.469 e. The Morgan fingerprint density at radius 2 is 1.57 bits per heavy atom. The molecule has 132 valence electrons. The third kappa shape index (κ3) is 4.38. The second-order valence-electron chi connectivity index (χ2n) is 5.61. The number of carbonyl (C=O) groups excluding carboxylic acids is 2. The maximum Gasteiger partial charge on any atom is 0.434 e. The summed E-state index contributed by atoms with van der Waals surface area (Å²) in [5.74, 6) is -3.55. The predicted molar refractivity (Wildman–Crippen MR) is 63.9 cm³/mol. The Morgan fingerprint density at radius 1 is 1.09 bits per heavy atom. The number of allylic oxidation sites excluding steroid dienone is 1. The maximum absolute atomic E-state index is 12.2. The van der Waals surface area contributed by atoms with Crippen molar-refractivity contribution in [1.82, 2.24) is 0 Å². The summed E-state index contributed by atoms with van der Waals surface area (Å²) in [7, 11) is 1.14. The van der Waals surface area contributed by atoms with Gasteiger partial charge in [0.25, 0.3) is 6.10 Å². The Morgan fingerprint density at radius 3 is 1.96 bits per heavy atom. The van der Waals surface area contributed by atoms with Crippen LogP contribution in [-0.4, -0.2) is 37.5 Å². The Kier molecular flexibility index (Phi) is 5.07. The van der Waals surface area contributed by atoms with E-state index < -0.39 is 47.6 Å². The molecular formula is C13H14F6O4. The molecule has 1 fully saturated rings. The molecule has 1 aliphatic carbocycles. The summed E-state index contributed by atoms with van der Waals surface area (Å²) in [6.45, 7) is 3.28. The van der Waals surface area contributed by atoms with Gasteiger partial charge in [-0.1, -0.05) is 19.9 Å². The van der Waals surface area contributed by atoms with Crippen LogP contribution in [0.25, 0.3) is 0 Å². The highest BCUT2D eigenvalue weighted by molar-refractivity contribution is 5.83. The van der Waals surface area contributed by atoms with Crippen LogP contribution in [-0.2, 0) is 19.1 Å². The highest BCUT2D eigenvalue weighted by Crippen LogP contribution is 2.59. The average Bonchev–Trinajstić information content (AvgIpc) is 2.91. The number of alkyl halides is 6. The summed E-state index contributed by atoms with van der Waals surface area (Å²) >= 11 is 0. The van der Waals surface area contributed by atoms with Gasteiger partial charge in [-0.3, -0.25) is 4.79 Å². The van der Waals surface area contributed by atoms with E-state index in [1.807, 2.05) is 0 Å². The number of halogens is 6. The van der Waals surface area contributed by atoms with Crippen LogP contribution in [0.1, 0.15) is 13.8 Å². The number of methoxy groups -OCH3 is 1. The van der Waals surface area contributed by atoms with Crippen molar-refractivity contribution in [2.75, 3.05) is 7.11 Å².